The van der Waals surface area contributed by atoms with Gasteiger partial charge in [0, 0.05) is 18.5 Å². The lowest BCUT2D eigenvalue weighted by molar-refractivity contribution is 0.235. The Balaban J connectivity index is 1.52. The van der Waals surface area contributed by atoms with Crippen molar-refractivity contribution in [1.82, 2.24) is 25.1 Å². The minimum atomic E-state index is 0.143. The van der Waals surface area contributed by atoms with E-state index in [4.69, 9.17) is 9.26 Å². The third-order valence-electron chi connectivity index (χ3n) is 3.35. The summed E-state index contributed by atoms with van der Waals surface area (Å²) in [5, 5.41) is 3.96. The molecule has 0 spiro atoms. The summed E-state index contributed by atoms with van der Waals surface area (Å²) >= 11 is 0. The maximum Gasteiger partial charge on any atom is 0.265 e. The third kappa shape index (κ3) is 3.50. The molecule has 25 heavy (non-hydrogen) atoms. The molecule has 0 amide bonds. The van der Waals surface area contributed by atoms with Gasteiger partial charge in [-0.1, -0.05) is 23.4 Å². The lowest BCUT2D eigenvalue weighted by Gasteiger charge is -2.01. The zero-order chi connectivity index (χ0) is 16.9. The van der Waals surface area contributed by atoms with E-state index in [1.54, 1.807) is 18.5 Å². The molecule has 0 bridgehead atoms. The summed E-state index contributed by atoms with van der Waals surface area (Å²) < 4.78 is 10.7. The number of nitrogens with zero attached hydrogens (tertiary/aromatic N) is 5. The predicted molar refractivity (Wildman–Crippen MR) is 89.3 cm³/mol. The van der Waals surface area contributed by atoms with Crippen LogP contribution in [0, 0.1) is 0 Å². The average molecular weight is 331 g/mol. The number of hydrogen-bond acceptors (Lipinski definition) is 7. The Morgan fingerprint density at radius 1 is 0.760 bits per heavy atom. The fraction of sp³-hybridized carbons (Fsp3) is 0.0556. The molecule has 4 aromatic heterocycles. The molecule has 0 fully saturated rings. The molecule has 4 heterocycles. The molecule has 4 rings (SSSR count). The van der Waals surface area contributed by atoms with Gasteiger partial charge >= 0.3 is 0 Å². The first-order valence-electron chi connectivity index (χ1n) is 7.64. The quantitative estimate of drug-likeness (QED) is 0.555. The van der Waals surface area contributed by atoms with Crippen LogP contribution in [0.25, 0.3) is 22.9 Å². The first kappa shape index (κ1) is 14.9. The molecule has 122 valence electrons. The Morgan fingerprint density at radius 3 is 2.36 bits per heavy atom. The maximum absolute atomic E-state index is 5.50. The molecule has 0 aliphatic heterocycles. The van der Waals surface area contributed by atoms with Crippen LogP contribution in [0.5, 0.6) is 5.88 Å². The minimum Gasteiger partial charge on any atom is -0.468 e. The third-order valence-corrected chi connectivity index (χ3v) is 3.35. The van der Waals surface area contributed by atoms with Crippen molar-refractivity contribution < 1.29 is 9.26 Å². The number of hydrogen-bond donors (Lipinski definition) is 0. The van der Waals surface area contributed by atoms with Gasteiger partial charge < -0.3 is 9.26 Å². The Kier molecular flexibility index (Phi) is 4.11. The summed E-state index contributed by atoms with van der Waals surface area (Å²) in [6.45, 7) is 0.143. The zero-order valence-electron chi connectivity index (χ0n) is 13.1. The van der Waals surface area contributed by atoms with Crippen LogP contribution in [0.2, 0.25) is 0 Å². The molecule has 0 N–H and O–H groups in total. The number of pyridine rings is 3. The van der Waals surface area contributed by atoms with E-state index in [-0.39, 0.29) is 6.61 Å². The van der Waals surface area contributed by atoms with Gasteiger partial charge in [-0.25, -0.2) is 9.97 Å². The van der Waals surface area contributed by atoms with E-state index in [0.717, 1.165) is 11.4 Å². The lowest BCUT2D eigenvalue weighted by atomic mass is 10.2. The van der Waals surface area contributed by atoms with Crippen LogP contribution in [0.15, 0.2) is 71.5 Å². The second-order valence-electron chi connectivity index (χ2n) is 5.09. The van der Waals surface area contributed by atoms with Crippen LogP contribution in [0.4, 0.5) is 0 Å². The smallest absolute Gasteiger partial charge is 0.265 e. The first-order valence-corrected chi connectivity index (χ1v) is 7.64. The van der Waals surface area contributed by atoms with Crippen molar-refractivity contribution in [2.75, 3.05) is 0 Å². The molecular formula is C18H13N5O2. The van der Waals surface area contributed by atoms with Crippen LogP contribution >= 0.6 is 0 Å². The van der Waals surface area contributed by atoms with Gasteiger partial charge in [0.15, 0.2) is 6.61 Å². The molecule has 0 unspecified atom stereocenters. The van der Waals surface area contributed by atoms with Crippen LogP contribution in [-0.2, 0) is 6.61 Å². The molecule has 7 heteroatoms. The van der Waals surface area contributed by atoms with Gasteiger partial charge in [0.2, 0.25) is 11.7 Å². The van der Waals surface area contributed by atoms with Crippen molar-refractivity contribution in [3.63, 3.8) is 0 Å². The van der Waals surface area contributed by atoms with E-state index in [2.05, 4.69) is 25.1 Å². The molecule has 0 aliphatic rings. The van der Waals surface area contributed by atoms with Crippen molar-refractivity contribution in [3.8, 4) is 28.8 Å². The van der Waals surface area contributed by atoms with Crippen molar-refractivity contribution in [1.29, 1.82) is 0 Å². The van der Waals surface area contributed by atoms with E-state index in [1.165, 1.54) is 0 Å². The highest BCUT2D eigenvalue weighted by Gasteiger charge is 2.12. The van der Waals surface area contributed by atoms with Gasteiger partial charge in [-0.3, -0.25) is 4.98 Å². The van der Waals surface area contributed by atoms with Crippen LogP contribution in [0.3, 0.4) is 0 Å². The Morgan fingerprint density at radius 2 is 1.56 bits per heavy atom. The van der Waals surface area contributed by atoms with Gasteiger partial charge in [-0.05, 0) is 30.3 Å². The molecule has 4 aromatic rings. The Bertz CT molecular complexity index is 957. The first-order chi connectivity index (χ1) is 12.4. The van der Waals surface area contributed by atoms with Crippen LogP contribution < -0.4 is 4.74 Å². The molecular weight excluding hydrogens is 318 g/mol. The van der Waals surface area contributed by atoms with E-state index in [1.807, 2.05) is 48.5 Å². The fourth-order valence-electron chi connectivity index (χ4n) is 2.20. The highest BCUT2D eigenvalue weighted by molar-refractivity contribution is 5.59. The summed E-state index contributed by atoms with van der Waals surface area (Å²) in [5.41, 5.74) is 2.14. The van der Waals surface area contributed by atoms with E-state index >= 15 is 0 Å². The molecule has 0 radical (unpaired) electrons. The van der Waals surface area contributed by atoms with Gasteiger partial charge in [-0.2, -0.15) is 4.98 Å². The topological polar surface area (TPSA) is 86.8 Å². The van der Waals surface area contributed by atoms with Crippen molar-refractivity contribution in [3.05, 3.63) is 72.9 Å². The summed E-state index contributed by atoms with van der Waals surface area (Å²) in [4.78, 5) is 17.2. The summed E-state index contributed by atoms with van der Waals surface area (Å²) in [5.74, 6) is 1.25. The van der Waals surface area contributed by atoms with E-state index in [0.29, 0.717) is 23.3 Å². The number of rotatable bonds is 5. The highest BCUT2D eigenvalue weighted by Crippen LogP contribution is 2.19. The summed E-state index contributed by atoms with van der Waals surface area (Å²) in [6.07, 6.45) is 3.38. The minimum absolute atomic E-state index is 0.143. The van der Waals surface area contributed by atoms with Gasteiger partial charge in [0.1, 0.15) is 5.69 Å². The summed E-state index contributed by atoms with van der Waals surface area (Å²) in [7, 11) is 0. The average Bonchev–Trinajstić information content (AvgIpc) is 3.17. The van der Waals surface area contributed by atoms with Gasteiger partial charge in [0.25, 0.3) is 5.89 Å². The molecule has 0 aromatic carbocycles. The monoisotopic (exact) mass is 331 g/mol. The molecule has 7 nitrogen and oxygen atoms in total. The maximum atomic E-state index is 5.50. The summed E-state index contributed by atoms with van der Waals surface area (Å²) in [6, 6.07) is 16.7. The Hall–Kier alpha value is -3.61. The predicted octanol–water partition coefficient (Wildman–Crippen LogP) is 3.17. The lowest BCUT2D eigenvalue weighted by Crippen LogP contribution is -1.97. The SMILES string of the molecule is c1ccc(OCc2nc(-c3cccc(-c4ccccn4)n3)no2)nc1. The number of ether oxygens (including phenoxy) is 1. The van der Waals surface area contributed by atoms with E-state index < -0.39 is 0 Å². The second kappa shape index (κ2) is 6.88. The van der Waals surface area contributed by atoms with E-state index in [9.17, 15) is 0 Å². The highest BCUT2D eigenvalue weighted by atomic mass is 16.5. The number of aromatic nitrogens is 5. The van der Waals surface area contributed by atoms with Crippen LogP contribution in [0.1, 0.15) is 5.89 Å². The zero-order valence-corrected chi connectivity index (χ0v) is 13.1. The van der Waals surface area contributed by atoms with Crippen molar-refractivity contribution in [2.24, 2.45) is 0 Å². The van der Waals surface area contributed by atoms with Gasteiger partial charge in [-0.15, -0.1) is 0 Å². The molecule has 0 saturated carbocycles. The Labute approximate surface area is 143 Å². The molecule has 0 saturated heterocycles. The van der Waals surface area contributed by atoms with Crippen LogP contribution in [-0.4, -0.2) is 25.1 Å². The molecule has 0 aliphatic carbocycles. The van der Waals surface area contributed by atoms with Crippen molar-refractivity contribution >= 4 is 0 Å². The van der Waals surface area contributed by atoms with Gasteiger partial charge in [0.05, 0.1) is 11.4 Å². The standard InChI is InChI=1S/C18H13N5O2/c1-3-10-19-13(6-1)14-7-5-8-15(21-14)18-22-17(25-23-18)12-24-16-9-2-4-11-20-16/h1-11H,12H2. The normalized spacial score (nSPS) is 10.6. The fourth-order valence-corrected chi connectivity index (χ4v) is 2.20. The second-order valence-corrected chi connectivity index (χ2v) is 5.09. The van der Waals surface area contributed by atoms with Crippen molar-refractivity contribution in [2.45, 2.75) is 6.61 Å². The largest absolute Gasteiger partial charge is 0.468 e. The molecule has 0 atom stereocenters.